The van der Waals surface area contributed by atoms with E-state index in [1.807, 2.05) is 13.0 Å². The molecule has 0 spiro atoms. The number of hydrogen-bond donors (Lipinski definition) is 1. The average molecular weight is 305 g/mol. The number of amides is 1. The molecule has 1 aliphatic carbocycles. The number of nitrogens with zero attached hydrogens (tertiary/aromatic N) is 1. The van der Waals surface area contributed by atoms with Gasteiger partial charge in [-0.15, -0.1) is 11.3 Å². The predicted molar refractivity (Wildman–Crippen MR) is 77.6 cm³/mol. The number of furan rings is 1. The number of carbonyl (C=O) groups is 2. The Hall–Kier alpha value is -2.08. The fraction of sp³-hybridized carbons (Fsp3) is 0.333. The molecule has 0 saturated heterocycles. The molecule has 21 heavy (non-hydrogen) atoms. The van der Waals surface area contributed by atoms with Crippen LogP contribution in [0.25, 0.3) is 0 Å². The highest BCUT2D eigenvalue weighted by molar-refractivity contribution is 7.15. The van der Waals surface area contributed by atoms with Crippen LogP contribution in [0.1, 0.15) is 50.9 Å². The fourth-order valence-electron chi connectivity index (χ4n) is 2.37. The molecule has 110 valence electrons. The van der Waals surface area contributed by atoms with E-state index in [0.717, 1.165) is 29.9 Å². The van der Waals surface area contributed by atoms with Gasteiger partial charge in [0, 0.05) is 6.04 Å². The van der Waals surface area contributed by atoms with Crippen LogP contribution in [0.5, 0.6) is 0 Å². The van der Waals surface area contributed by atoms with Crippen LogP contribution < -0.4 is 0 Å². The van der Waals surface area contributed by atoms with Gasteiger partial charge in [0.2, 0.25) is 0 Å². The summed E-state index contributed by atoms with van der Waals surface area (Å²) in [6.07, 6.45) is 3.55. The van der Waals surface area contributed by atoms with Gasteiger partial charge in [-0.05, 0) is 44.0 Å². The molecule has 0 aromatic carbocycles. The summed E-state index contributed by atoms with van der Waals surface area (Å²) in [4.78, 5) is 26.1. The third kappa shape index (κ3) is 2.71. The van der Waals surface area contributed by atoms with Crippen LogP contribution >= 0.6 is 11.3 Å². The first kappa shape index (κ1) is 13.9. The summed E-state index contributed by atoms with van der Waals surface area (Å²) in [7, 11) is 0. The first-order valence-electron chi connectivity index (χ1n) is 6.77. The van der Waals surface area contributed by atoms with Crippen molar-refractivity contribution in [1.29, 1.82) is 0 Å². The first-order chi connectivity index (χ1) is 10.1. The van der Waals surface area contributed by atoms with Crippen LogP contribution in [0, 0.1) is 0 Å². The lowest BCUT2D eigenvalue weighted by Crippen LogP contribution is -2.35. The van der Waals surface area contributed by atoms with E-state index in [-0.39, 0.29) is 22.9 Å². The van der Waals surface area contributed by atoms with Crippen molar-refractivity contribution in [1.82, 2.24) is 4.90 Å². The maximum atomic E-state index is 12.7. The lowest BCUT2D eigenvalue weighted by Gasteiger charge is -2.27. The number of thiophene rings is 1. The van der Waals surface area contributed by atoms with Crippen LogP contribution in [0.15, 0.2) is 34.9 Å². The molecule has 0 radical (unpaired) electrons. The van der Waals surface area contributed by atoms with Crippen molar-refractivity contribution in [3.05, 3.63) is 46.0 Å². The van der Waals surface area contributed by atoms with Crippen molar-refractivity contribution in [2.75, 3.05) is 0 Å². The molecule has 1 saturated carbocycles. The Balaban J connectivity index is 1.86. The summed E-state index contributed by atoms with van der Waals surface area (Å²) in [5.74, 6) is -0.389. The number of carboxylic acid groups (broad SMARTS) is 1. The van der Waals surface area contributed by atoms with Gasteiger partial charge in [0.15, 0.2) is 0 Å². The van der Waals surface area contributed by atoms with Gasteiger partial charge in [0.1, 0.15) is 10.6 Å². The van der Waals surface area contributed by atoms with E-state index in [2.05, 4.69) is 0 Å². The summed E-state index contributed by atoms with van der Waals surface area (Å²) in [5, 5.41) is 8.97. The topological polar surface area (TPSA) is 70.8 Å². The number of hydrogen-bond acceptors (Lipinski definition) is 4. The second-order valence-corrected chi connectivity index (χ2v) is 6.19. The van der Waals surface area contributed by atoms with Crippen molar-refractivity contribution in [2.45, 2.75) is 31.8 Å². The summed E-state index contributed by atoms with van der Waals surface area (Å²) in [5.41, 5.74) is 0. The highest BCUT2D eigenvalue weighted by Gasteiger charge is 2.38. The van der Waals surface area contributed by atoms with E-state index in [4.69, 9.17) is 9.52 Å². The smallest absolute Gasteiger partial charge is 0.345 e. The zero-order valence-electron chi connectivity index (χ0n) is 11.5. The molecule has 6 heteroatoms. The van der Waals surface area contributed by atoms with Crippen LogP contribution in [0.3, 0.4) is 0 Å². The highest BCUT2D eigenvalue weighted by atomic mass is 32.1. The van der Waals surface area contributed by atoms with Gasteiger partial charge in [-0.25, -0.2) is 4.79 Å². The molecule has 1 N–H and O–H groups in total. The summed E-state index contributed by atoms with van der Waals surface area (Å²) >= 11 is 1.02. The minimum Gasteiger partial charge on any atom is -0.477 e. The van der Waals surface area contributed by atoms with Gasteiger partial charge in [0.05, 0.1) is 17.2 Å². The minimum absolute atomic E-state index is 0.126. The van der Waals surface area contributed by atoms with Crippen molar-refractivity contribution >= 4 is 23.2 Å². The predicted octanol–water partition coefficient (Wildman–Crippen LogP) is 3.41. The Morgan fingerprint density at radius 1 is 1.33 bits per heavy atom. The molecule has 1 atom stereocenters. The minimum atomic E-state index is -1.00. The molecule has 1 amide bonds. The maximum Gasteiger partial charge on any atom is 0.345 e. The number of carbonyl (C=O) groups excluding carboxylic acids is 1. The normalized spacial score (nSPS) is 15.7. The molecule has 0 aliphatic heterocycles. The number of aromatic carboxylic acids is 1. The monoisotopic (exact) mass is 305 g/mol. The molecule has 0 bridgehead atoms. The van der Waals surface area contributed by atoms with Gasteiger partial charge >= 0.3 is 5.97 Å². The molecule has 3 rings (SSSR count). The Labute approximate surface area is 125 Å². The molecule has 5 nitrogen and oxygen atoms in total. The van der Waals surface area contributed by atoms with Crippen molar-refractivity contribution < 1.29 is 19.1 Å². The third-order valence-corrected chi connectivity index (χ3v) is 4.64. The van der Waals surface area contributed by atoms with E-state index >= 15 is 0 Å². The van der Waals surface area contributed by atoms with E-state index in [1.165, 1.54) is 6.07 Å². The number of carboxylic acids is 1. The Kier molecular flexibility index (Phi) is 3.55. The van der Waals surface area contributed by atoms with Crippen LogP contribution in [-0.4, -0.2) is 27.9 Å². The molecule has 1 aliphatic rings. The van der Waals surface area contributed by atoms with Crippen molar-refractivity contribution in [3.63, 3.8) is 0 Å². The average Bonchev–Trinajstić information content (AvgIpc) is 3.00. The Bertz CT molecular complexity index is 657. The molecule has 1 fully saturated rings. The zero-order chi connectivity index (χ0) is 15.0. The second-order valence-electron chi connectivity index (χ2n) is 5.10. The molecular weight excluding hydrogens is 290 g/mol. The van der Waals surface area contributed by atoms with Gasteiger partial charge < -0.3 is 14.4 Å². The second kappa shape index (κ2) is 5.37. The molecule has 1 unspecified atom stereocenters. The lowest BCUT2D eigenvalue weighted by molar-refractivity contribution is 0.0656. The van der Waals surface area contributed by atoms with Crippen LogP contribution in [-0.2, 0) is 0 Å². The standard InChI is InChI=1S/C15H15NO4S/c1-9(11-3-2-8-20-11)16(10-4-5-10)14(17)12-6-7-13(21-12)15(18)19/h2-3,6-10H,4-5H2,1H3,(H,18,19). The molecule has 2 aromatic heterocycles. The third-order valence-electron chi connectivity index (χ3n) is 3.57. The highest BCUT2D eigenvalue weighted by Crippen LogP contribution is 2.36. The van der Waals surface area contributed by atoms with Crippen LogP contribution in [0.4, 0.5) is 0 Å². The van der Waals surface area contributed by atoms with E-state index < -0.39 is 5.97 Å². The summed E-state index contributed by atoms with van der Waals surface area (Å²) < 4.78 is 5.40. The molecular formula is C15H15NO4S. The quantitative estimate of drug-likeness (QED) is 0.919. The van der Waals surface area contributed by atoms with E-state index in [1.54, 1.807) is 23.3 Å². The lowest BCUT2D eigenvalue weighted by atomic mass is 10.2. The largest absolute Gasteiger partial charge is 0.477 e. The van der Waals surface area contributed by atoms with Gasteiger partial charge in [-0.3, -0.25) is 4.79 Å². The Morgan fingerprint density at radius 3 is 2.57 bits per heavy atom. The van der Waals surface area contributed by atoms with Gasteiger partial charge in [-0.1, -0.05) is 0 Å². The van der Waals surface area contributed by atoms with Crippen molar-refractivity contribution in [2.24, 2.45) is 0 Å². The fourth-order valence-corrected chi connectivity index (χ4v) is 3.16. The van der Waals surface area contributed by atoms with E-state index in [9.17, 15) is 9.59 Å². The van der Waals surface area contributed by atoms with Gasteiger partial charge in [0.25, 0.3) is 5.91 Å². The summed E-state index contributed by atoms with van der Waals surface area (Å²) in [6.45, 7) is 1.93. The first-order valence-corrected chi connectivity index (χ1v) is 7.58. The molecule has 2 heterocycles. The molecule has 2 aromatic rings. The maximum absolute atomic E-state index is 12.7. The SMILES string of the molecule is CC(c1ccco1)N(C(=O)c1ccc(C(=O)O)s1)C1CC1. The Morgan fingerprint density at radius 2 is 2.05 bits per heavy atom. The number of rotatable bonds is 5. The summed E-state index contributed by atoms with van der Waals surface area (Å²) in [6, 6.07) is 6.77. The van der Waals surface area contributed by atoms with E-state index in [0.29, 0.717) is 4.88 Å². The van der Waals surface area contributed by atoms with Crippen molar-refractivity contribution in [3.8, 4) is 0 Å². The van der Waals surface area contributed by atoms with Gasteiger partial charge in [-0.2, -0.15) is 0 Å². The zero-order valence-corrected chi connectivity index (χ0v) is 12.3. The van der Waals surface area contributed by atoms with Crippen LogP contribution in [0.2, 0.25) is 0 Å².